The smallest absolute Gasteiger partial charge is 0.284 e. The highest BCUT2D eigenvalue weighted by Gasteiger charge is 2.22. The van der Waals surface area contributed by atoms with E-state index in [-0.39, 0.29) is 18.7 Å². The summed E-state index contributed by atoms with van der Waals surface area (Å²) in [5.41, 5.74) is 4.85. The number of nitrogens with zero attached hydrogens (tertiary/aromatic N) is 2. The maximum absolute atomic E-state index is 13.8. The van der Waals surface area contributed by atoms with Gasteiger partial charge in [0.15, 0.2) is 0 Å². The SMILES string of the molecule is COc1ccc(-c2c(NCCO)[nH]c3c(-c4ccccc4)c(-c4ccccc4)nn3c2=O)cc1. The second-order valence-electron chi connectivity index (χ2n) is 7.78. The molecule has 170 valence electrons. The predicted octanol–water partition coefficient (Wildman–Crippen LogP) is 4.44. The minimum Gasteiger partial charge on any atom is -0.497 e. The van der Waals surface area contributed by atoms with Crippen LogP contribution in [0.1, 0.15) is 0 Å². The third-order valence-corrected chi connectivity index (χ3v) is 5.69. The quantitative estimate of drug-likeness (QED) is 0.340. The van der Waals surface area contributed by atoms with Crippen LogP contribution in [-0.4, -0.2) is 40.0 Å². The molecule has 2 heterocycles. The van der Waals surface area contributed by atoms with Gasteiger partial charge in [-0.3, -0.25) is 4.79 Å². The molecule has 5 rings (SSSR count). The number of hydrogen-bond acceptors (Lipinski definition) is 5. The predicted molar refractivity (Wildman–Crippen MR) is 134 cm³/mol. The Morgan fingerprint density at radius 3 is 2.12 bits per heavy atom. The van der Waals surface area contributed by atoms with Gasteiger partial charge in [-0.25, -0.2) is 0 Å². The number of aliphatic hydroxyl groups excluding tert-OH is 1. The van der Waals surface area contributed by atoms with E-state index >= 15 is 0 Å². The van der Waals surface area contributed by atoms with Crippen molar-refractivity contribution < 1.29 is 9.84 Å². The molecule has 0 bridgehead atoms. The van der Waals surface area contributed by atoms with Crippen molar-refractivity contribution in [2.75, 3.05) is 25.6 Å². The maximum Gasteiger partial charge on any atom is 0.284 e. The van der Waals surface area contributed by atoms with Gasteiger partial charge < -0.3 is 20.1 Å². The second-order valence-corrected chi connectivity index (χ2v) is 7.78. The van der Waals surface area contributed by atoms with E-state index < -0.39 is 0 Å². The Morgan fingerprint density at radius 1 is 0.882 bits per heavy atom. The zero-order chi connectivity index (χ0) is 23.5. The normalized spacial score (nSPS) is 11.0. The van der Waals surface area contributed by atoms with E-state index in [0.717, 1.165) is 16.7 Å². The number of methoxy groups -OCH3 is 1. The Hall–Kier alpha value is -4.36. The van der Waals surface area contributed by atoms with Crippen LogP contribution in [0.25, 0.3) is 39.2 Å². The number of aromatic nitrogens is 3. The van der Waals surface area contributed by atoms with Crippen LogP contribution in [0.2, 0.25) is 0 Å². The van der Waals surface area contributed by atoms with E-state index in [0.29, 0.717) is 34.0 Å². The van der Waals surface area contributed by atoms with E-state index in [4.69, 9.17) is 9.84 Å². The molecule has 0 saturated heterocycles. The Bertz CT molecular complexity index is 1470. The number of nitrogens with one attached hydrogen (secondary N) is 2. The van der Waals surface area contributed by atoms with Gasteiger partial charge in [0.2, 0.25) is 0 Å². The number of aliphatic hydroxyl groups is 1. The number of aromatic amines is 1. The van der Waals surface area contributed by atoms with Gasteiger partial charge in [0.25, 0.3) is 5.56 Å². The van der Waals surface area contributed by atoms with Crippen LogP contribution in [0.5, 0.6) is 5.75 Å². The van der Waals surface area contributed by atoms with E-state index in [1.54, 1.807) is 7.11 Å². The number of benzene rings is 3. The van der Waals surface area contributed by atoms with Crippen molar-refractivity contribution in [3.05, 3.63) is 95.3 Å². The first-order valence-electron chi connectivity index (χ1n) is 11.0. The van der Waals surface area contributed by atoms with Crippen molar-refractivity contribution in [3.63, 3.8) is 0 Å². The molecule has 0 amide bonds. The Labute approximate surface area is 196 Å². The van der Waals surface area contributed by atoms with Gasteiger partial charge in [-0.1, -0.05) is 72.8 Å². The monoisotopic (exact) mass is 452 g/mol. The summed E-state index contributed by atoms with van der Waals surface area (Å²) in [4.78, 5) is 17.2. The van der Waals surface area contributed by atoms with Crippen molar-refractivity contribution in [2.24, 2.45) is 0 Å². The van der Waals surface area contributed by atoms with Crippen molar-refractivity contribution in [1.82, 2.24) is 14.6 Å². The summed E-state index contributed by atoms with van der Waals surface area (Å²) in [6.07, 6.45) is 0. The Balaban J connectivity index is 1.83. The molecule has 0 aliphatic rings. The summed E-state index contributed by atoms with van der Waals surface area (Å²) in [5.74, 6) is 1.22. The summed E-state index contributed by atoms with van der Waals surface area (Å²) in [5, 5.41) is 17.4. The highest BCUT2D eigenvalue weighted by molar-refractivity contribution is 5.92. The van der Waals surface area contributed by atoms with Gasteiger partial charge >= 0.3 is 0 Å². The number of anilines is 1. The molecule has 0 atom stereocenters. The maximum atomic E-state index is 13.8. The number of ether oxygens (including phenoxy) is 1. The van der Waals surface area contributed by atoms with Gasteiger partial charge in [-0.15, -0.1) is 0 Å². The fourth-order valence-electron chi connectivity index (χ4n) is 4.09. The molecule has 0 unspecified atom stereocenters. The van der Waals surface area contributed by atoms with Gasteiger partial charge in [-0.2, -0.15) is 9.61 Å². The Kier molecular flexibility index (Phi) is 5.84. The van der Waals surface area contributed by atoms with Crippen LogP contribution < -0.4 is 15.6 Å². The second kappa shape index (κ2) is 9.25. The Morgan fingerprint density at radius 2 is 1.50 bits per heavy atom. The summed E-state index contributed by atoms with van der Waals surface area (Å²) in [6.45, 7) is 0.213. The molecule has 3 aromatic carbocycles. The zero-order valence-electron chi connectivity index (χ0n) is 18.7. The third-order valence-electron chi connectivity index (χ3n) is 5.69. The minimum absolute atomic E-state index is 0.0741. The molecule has 3 N–H and O–H groups in total. The molecule has 5 aromatic rings. The van der Waals surface area contributed by atoms with Crippen molar-refractivity contribution in [1.29, 1.82) is 0 Å². The van der Waals surface area contributed by atoms with Crippen LogP contribution in [-0.2, 0) is 0 Å². The lowest BCUT2D eigenvalue weighted by Crippen LogP contribution is -2.21. The first-order valence-corrected chi connectivity index (χ1v) is 11.0. The molecule has 0 radical (unpaired) electrons. The first kappa shape index (κ1) is 21.5. The summed E-state index contributed by atoms with van der Waals surface area (Å²) in [7, 11) is 1.60. The zero-order valence-corrected chi connectivity index (χ0v) is 18.7. The highest BCUT2D eigenvalue weighted by Crippen LogP contribution is 2.35. The van der Waals surface area contributed by atoms with E-state index in [1.165, 1.54) is 4.52 Å². The van der Waals surface area contributed by atoms with Crippen molar-refractivity contribution in [3.8, 4) is 39.3 Å². The number of H-pyrrole nitrogens is 1. The molecule has 0 spiro atoms. The fraction of sp³-hybridized carbons (Fsp3) is 0.111. The number of hydrogen-bond donors (Lipinski definition) is 3. The third kappa shape index (κ3) is 3.82. The lowest BCUT2D eigenvalue weighted by Gasteiger charge is -2.13. The van der Waals surface area contributed by atoms with Crippen LogP contribution >= 0.6 is 0 Å². The summed E-state index contributed by atoms with van der Waals surface area (Å²) in [6, 6.07) is 27.0. The van der Waals surface area contributed by atoms with Gasteiger partial charge in [-0.05, 0) is 23.3 Å². The fourth-order valence-corrected chi connectivity index (χ4v) is 4.09. The minimum atomic E-state index is -0.265. The number of fused-ring (bicyclic) bond motifs is 1. The van der Waals surface area contributed by atoms with Crippen molar-refractivity contribution in [2.45, 2.75) is 0 Å². The summed E-state index contributed by atoms with van der Waals surface area (Å²) < 4.78 is 6.69. The van der Waals surface area contributed by atoms with Crippen LogP contribution in [0.15, 0.2) is 89.7 Å². The van der Waals surface area contributed by atoms with Crippen molar-refractivity contribution >= 4 is 11.5 Å². The molecule has 0 saturated carbocycles. The van der Waals surface area contributed by atoms with Crippen LogP contribution in [0.3, 0.4) is 0 Å². The topological polar surface area (TPSA) is 91.6 Å². The standard InChI is InChI=1S/C27H24N4O3/c1-34-21-14-12-19(13-15-21)23-25(28-16-17-32)29-26-22(18-8-4-2-5-9-18)24(30-31(26)27(23)33)20-10-6-3-7-11-20/h2-15,28-29,32H,16-17H2,1H3. The molecule has 2 aromatic heterocycles. The molecule has 0 aliphatic heterocycles. The largest absolute Gasteiger partial charge is 0.497 e. The van der Waals surface area contributed by atoms with Crippen LogP contribution in [0, 0.1) is 0 Å². The molecule has 7 heteroatoms. The average molecular weight is 453 g/mol. The molecule has 34 heavy (non-hydrogen) atoms. The van der Waals surface area contributed by atoms with E-state index in [1.807, 2.05) is 84.9 Å². The lowest BCUT2D eigenvalue weighted by atomic mass is 10.0. The summed E-state index contributed by atoms with van der Waals surface area (Å²) >= 11 is 0. The molecule has 7 nitrogen and oxygen atoms in total. The molecular weight excluding hydrogens is 428 g/mol. The van der Waals surface area contributed by atoms with Gasteiger partial charge in [0.1, 0.15) is 22.9 Å². The van der Waals surface area contributed by atoms with E-state index in [9.17, 15) is 9.90 Å². The lowest BCUT2D eigenvalue weighted by molar-refractivity contribution is 0.311. The average Bonchev–Trinajstić information content (AvgIpc) is 3.28. The molecule has 0 fully saturated rings. The molecule has 0 aliphatic carbocycles. The molecular formula is C27H24N4O3. The number of rotatable bonds is 7. The van der Waals surface area contributed by atoms with E-state index in [2.05, 4.69) is 10.3 Å². The first-order chi connectivity index (χ1) is 16.7. The van der Waals surface area contributed by atoms with Gasteiger partial charge in [0, 0.05) is 12.1 Å². The van der Waals surface area contributed by atoms with Crippen LogP contribution in [0.4, 0.5) is 5.82 Å². The van der Waals surface area contributed by atoms with Gasteiger partial charge in [0.05, 0.1) is 24.8 Å². The highest BCUT2D eigenvalue weighted by atomic mass is 16.5.